The monoisotopic (exact) mass is 357 g/mol. The molecule has 7 heteroatoms. The molecule has 0 amide bonds. The van der Waals surface area contributed by atoms with Crippen LogP contribution in [0.1, 0.15) is 17.5 Å². The SMILES string of the molecule is Cc1ccc(S(=O)(=O)NC(CC2=C[N]c3ccccc32)C(=O)O)cc1. The first-order chi connectivity index (χ1) is 11.9. The molecule has 1 heterocycles. The maximum absolute atomic E-state index is 12.5. The Kier molecular flexibility index (Phi) is 4.61. The van der Waals surface area contributed by atoms with Gasteiger partial charge >= 0.3 is 5.97 Å². The first-order valence-corrected chi connectivity index (χ1v) is 9.16. The lowest BCUT2D eigenvalue weighted by atomic mass is 10.0. The van der Waals surface area contributed by atoms with Crippen molar-refractivity contribution in [2.45, 2.75) is 24.3 Å². The van der Waals surface area contributed by atoms with E-state index in [1.54, 1.807) is 18.3 Å². The fourth-order valence-electron chi connectivity index (χ4n) is 2.61. The van der Waals surface area contributed by atoms with Gasteiger partial charge in [0.25, 0.3) is 0 Å². The van der Waals surface area contributed by atoms with Gasteiger partial charge in [-0.15, -0.1) is 0 Å². The lowest BCUT2D eigenvalue weighted by molar-refractivity contribution is -0.138. The molecule has 0 saturated heterocycles. The van der Waals surface area contributed by atoms with Crippen molar-refractivity contribution in [1.82, 2.24) is 10.0 Å². The summed E-state index contributed by atoms with van der Waals surface area (Å²) in [7, 11) is -3.93. The van der Waals surface area contributed by atoms with Crippen LogP contribution in [-0.4, -0.2) is 25.5 Å². The fourth-order valence-corrected chi connectivity index (χ4v) is 3.80. The predicted octanol–water partition coefficient (Wildman–Crippen LogP) is 2.41. The Labute approximate surface area is 146 Å². The zero-order valence-corrected chi connectivity index (χ0v) is 14.3. The maximum atomic E-state index is 12.5. The minimum absolute atomic E-state index is 0.0148. The molecular weight excluding hydrogens is 340 g/mol. The number of rotatable bonds is 6. The molecule has 1 aliphatic heterocycles. The summed E-state index contributed by atoms with van der Waals surface area (Å²) < 4.78 is 27.2. The molecule has 6 nitrogen and oxygen atoms in total. The number of fused-ring (bicyclic) bond motifs is 1. The van der Waals surface area contributed by atoms with Crippen LogP contribution in [0.25, 0.3) is 5.57 Å². The van der Waals surface area contributed by atoms with Crippen LogP contribution in [0, 0.1) is 6.92 Å². The molecule has 0 bridgehead atoms. The summed E-state index contributed by atoms with van der Waals surface area (Å²) in [5.74, 6) is -1.24. The van der Waals surface area contributed by atoms with E-state index in [1.165, 1.54) is 12.1 Å². The van der Waals surface area contributed by atoms with E-state index < -0.39 is 22.0 Å². The van der Waals surface area contributed by atoms with Crippen molar-refractivity contribution in [2.75, 3.05) is 0 Å². The van der Waals surface area contributed by atoms with Gasteiger partial charge in [0.05, 0.1) is 10.6 Å². The summed E-state index contributed by atoms with van der Waals surface area (Å²) in [6, 6.07) is 12.3. The van der Waals surface area contributed by atoms with Crippen molar-refractivity contribution in [3.8, 4) is 0 Å². The number of hydrogen-bond donors (Lipinski definition) is 2. The molecule has 0 spiro atoms. The van der Waals surface area contributed by atoms with Gasteiger partial charge in [0.15, 0.2) is 0 Å². The van der Waals surface area contributed by atoms with E-state index in [1.807, 2.05) is 31.2 Å². The average molecular weight is 357 g/mol. The Morgan fingerprint density at radius 3 is 2.52 bits per heavy atom. The molecule has 1 unspecified atom stereocenters. The fraction of sp³-hybridized carbons (Fsp3) is 0.167. The zero-order chi connectivity index (χ0) is 18.0. The second-order valence-corrected chi connectivity index (χ2v) is 7.54. The summed E-state index contributed by atoms with van der Waals surface area (Å²) >= 11 is 0. The average Bonchev–Trinajstić information content (AvgIpc) is 2.97. The van der Waals surface area contributed by atoms with Gasteiger partial charge in [0.2, 0.25) is 10.0 Å². The summed E-state index contributed by atoms with van der Waals surface area (Å²) in [4.78, 5) is 11.6. The van der Waals surface area contributed by atoms with Crippen molar-refractivity contribution in [3.63, 3.8) is 0 Å². The molecule has 1 aliphatic rings. The number of carbonyl (C=O) groups is 1. The molecular formula is C18H17N2O4S. The van der Waals surface area contributed by atoms with Crippen LogP contribution in [0.5, 0.6) is 0 Å². The minimum atomic E-state index is -3.93. The van der Waals surface area contributed by atoms with Crippen molar-refractivity contribution in [2.24, 2.45) is 0 Å². The highest BCUT2D eigenvalue weighted by atomic mass is 32.2. The van der Waals surface area contributed by atoms with Gasteiger partial charge in [-0.3, -0.25) is 10.1 Å². The minimum Gasteiger partial charge on any atom is -0.480 e. The van der Waals surface area contributed by atoms with E-state index in [-0.39, 0.29) is 11.3 Å². The van der Waals surface area contributed by atoms with Crippen LogP contribution in [0.4, 0.5) is 5.69 Å². The molecule has 0 aliphatic carbocycles. The van der Waals surface area contributed by atoms with E-state index in [0.29, 0.717) is 5.57 Å². The number of nitrogens with one attached hydrogen (secondary N) is 1. The van der Waals surface area contributed by atoms with Crippen LogP contribution in [0.2, 0.25) is 0 Å². The van der Waals surface area contributed by atoms with Crippen molar-refractivity contribution >= 4 is 27.3 Å². The quantitative estimate of drug-likeness (QED) is 0.829. The van der Waals surface area contributed by atoms with E-state index >= 15 is 0 Å². The third-order valence-electron chi connectivity index (χ3n) is 3.96. The normalized spacial score (nSPS) is 14.4. The number of sulfonamides is 1. The highest BCUT2D eigenvalue weighted by Crippen LogP contribution is 2.32. The van der Waals surface area contributed by atoms with Gasteiger partial charge < -0.3 is 5.11 Å². The number of aryl methyl sites for hydroxylation is 1. The Morgan fingerprint density at radius 2 is 1.84 bits per heavy atom. The Morgan fingerprint density at radius 1 is 1.16 bits per heavy atom. The first-order valence-electron chi connectivity index (χ1n) is 7.68. The third-order valence-corrected chi connectivity index (χ3v) is 5.45. The van der Waals surface area contributed by atoms with E-state index in [4.69, 9.17) is 0 Å². The summed E-state index contributed by atoms with van der Waals surface area (Å²) in [6.07, 6.45) is 1.60. The molecule has 25 heavy (non-hydrogen) atoms. The Balaban J connectivity index is 1.81. The van der Waals surface area contributed by atoms with E-state index in [2.05, 4.69) is 10.0 Å². The molecule has 1 radical (unpaired) electrons. The smallest absolute Gasteiger partial charge is 0.322 e. The number of nitrogens with zero attached hydrogens (tertiary/aromatic N) is 1. The van der Waals surface area contributed by atoms with Gasteiger partial charge in [-0.1, -0.05) is 35.9 Å². The molecule has 129 valence electrons. The van der Waals surface area contributed by atoms with E-state index in [9.17, 15) is 18.3 Å². The number of aliphatic carboxylic acids is 1. The summed E-state index contributed by atoms with van der Waals surface area (Å²) in [6.45, 7) is 1.84. The number of hydrogen-bond acceptors (Lipinski definition) is 3. The topological polar surface area (TPSA) is 97.6 Å². The van der Waals surface area contributed by atoms with Gasteiger partial charge in [-0.2, -0.15) is 4.72 Å². The molecule has 0 fully saturated rings. The molecule has 0 saturated carbocycles. The summed E-state index contributed by atoms with van der Waals surface area (Å²) in [5.41, 5.74) is 3.18. The second kappa shape index (κ2) is 6.70. The van der Waals surface area contributed by atoms with Crippen LogP contribution >= 0.6 is 0 Å². The van der Waals surface area contributed by atoms with Gasteiger partial charge in [0, 0.05) is 18.2 Å². The Hall–Kier alpha value is -2.64. The Bertz CT molecular complexity index is 934. The van der Waals surface area contributed by atoms with Crippen LogP contribution in [0.3, 0.4) is 0 Å². The van der Waals surface area contributed by atoms with Crippen molar-refractivity contribution in [1.29, 1.82) is 0 Å². The molecule has 2 N–H and O–H groups in total. The zero-order valence-electron chi connectivity index (χ0n) is 13.5. The highest BCUT2D eigenvalue weighted by molar-refractivity contribution is 7.89. The molecule has 2 aromatic rings. The number of para-hydroxylation sites is 1. The lowest BCUT2D eigenvalue weighted by Crippen LogP contribution is -2.40. The van der Waals surface area contributed by atoms with Crippen molar-refractivity contribution < 1.29 is 18.3 Å². The molecule has 0 aromatic heterocycles. The van der Waals surface area contributed by atoms with Gasteiger partial charge in [0.1, 0.15) is 6.04 Å². The number of carboxylic acids is 1. The molecule has 1 atom stereocenters. The number of benzene rings is 2. The van der Waals surface area contributed by atoms with Crippen LogP contribution < -0.4 is 10.0 Å². The maximum Gasteiger partial charge on any atom is 0.322 e. The van der Waals surface area contributed by atoms with Crippen molar-refractivity contribution in [3.05, 3.63) is 65.9 Å². The van der Waals surface area contributed by atoms with Gasteiger partial charge in [-0.05, 0) is 30.7 Å². The second-order valence-electron chi connectivity index (χ2n) is 5.83. The van der Waals surface area contributed by atoms with Crippen LogP contribution in [-0.2, 0) is 14.8 Å². The standard InChI is InChI=1S/C18H17N2O4S/c1-12-6-8-14(9-7-12)25(23,24)20-17(18(21)22)10-13-11-19-16-5-3-2-4-15(13)16/h2-9,11,17,20H,10H2,1H3,(H,21,22). The summed E-state index contributed by atoms with van der Waals surface area (Å²) in [5, 5.41) is 13.7. The first kappa shape index (κ1) is 17.2. The van der Waals surface area contributed by atoms with Gasteiger partial charge in [-0.25, -0.2) is 8.42 Å². The van der Waals surface area contributed by atoms with E-state index in [0.717, 1.165) is 16.8 Å². The molecule has 3 rings (SSSR count). The molecule has 2 aromatic carbocycles. The predicted molar refractivity (Wildman–Crippen MR) is 93.8 cm³/mol. The number of carboxylic acid groups (broad SMARTS) is 1. The lowest BCUT2D eigenvalue weighted by Gasteiger charge is -2.16. The highest BCUT2D eigenvalue weighted by Gasteiger charge is 2.28. The largest absolute Gasteiger partial charge is 0.480 e. The van der Waals surface area contributed by atoms with Crippen LogP contribution in [0.15, 0.2) is 59.6 Å². The third kappa shape index (κ3) is 3.72.